The van der Waals surface area contributed by atoms with E-state index in [0.717, 1.165) is 12.1 Å². The Morgan fingerprint density at radius 1 is 1.00 bits per heavy atom. The third kappa shape index (κ3) is 4.05. The molecule has 0 spiro atoms. The molecule has 0 unspecified atom stereocenters. The van der Waals surface area contributed by atoms with E-state index in [0.29, 0.717) is 31.9 Å². The van der Waals surface area contributed by atoms with Gasteiger partial charge in [0.15, 0.2) is 17.5 Å². The number of amides is 2. The molecule has 1 fully saturated rings. The number of carbonyl (C=O) groups is 2. The second kappa shape index (κ2) is 7.83. The summed E-state index contributed by atoms with van der Waals surface area (Å²) in [4.78, 5) is 35.4. The number of piperazine rings is 1. The molecule has 28 heavy (non-hydrogen) atoms. The van der Waals surface area contributed by atoms with Crippen molar-refractivity contribution in [3.05, 3.63) is 47.0 Å². The summed E-state index contributed by atoms with van der Waals surface area (Å²) in [5.41, 5.74) is 0.165. The topological polar surface area (TPSA) is 78.4 Å². The minimum absolute atomic E-state index is 0.0509. The van der Waals surface area contributed by atoms with Crippen molar-refractivity contribution in [1.82, 2.24) is 19.8 Å². The van der Waals surface area contributed by atoms with E-state index in [4.69, 9.17) is 0 Å². The zero-order valence-electron chi connectivity index (χ0n) is 15.3. The Balaban J connectivity index is 1.79. The number of halogens is 3. The van der Waals surface area contributed by atoms with Crippen molar-refractivity contribution in [1.29, 1.82) is 0 Å². The lowest BCUT2D eigenvalue weighted by atomic mass is 10.2. The summed E-state index contributed by atoms with van der Waals surface area (Å²) >= 11 is 0. The van der Waals surface area contributed by atoms with Gasteiger partial charge < -0.3 is 15.1 Å². The number of hydrogen-bond donors (Lipinski definition) is 1. The Morgan fingerprint density at radius 3 is 2.29 bits per heavy atom. The van der Waals surface area contributed by atoms with Crippen LogP contribution in [0.5, 0.6) is 0 Å². The summed E-state index contributed by atoms with van der Waals surface area (Å²) in [6.45, 7) is 4.68. The van der Waals surface area contributed by atoms with Gasteiger partial charge in [-0.1, -0.05) is 0 Å². The van der Waals surface area contributed by atoms with Gasteiger partial charge in [0.05, 0.1) is 5.69 Å². The average Bonchev–Trinajstić information content (AvgIpc) is 2.67. The van der Waals surface area contributed by atoms with Crippen LogP contribution in [0.3, 0.4) is 0 Å². The van der Waals surface area contributed by atoms with E-state index < -0.39 is 17.5 Å². The van der Waals surface area contributed by atoms with Crippen LogP contribution in [-0.2, 0) is 4.79 Å². The SMILES string of the molecule is CC(=O)N1CCN(C(=O)c2cc(C)nc(Nc3ccc(F)c(F)c3F)n2)CC1. The molecule has 1 saturated heterocycles. The van der Waals surface area contributed by atoms with Gasteiger partial charge in [-0.25, -0.2) is 23.1 Å². The Labute approximate surface area is 159 Å². The first-order valence-electron chi connectivity index (χ1n) is 8.57. The lowest BCUT2D eigenvalue weighted by molar-refractivity contribution is -0.130. The first-order chi connectivity index (χ1) is 13.3. The molecule has 2 aromatic rings. The normalized spacial score (nSPS) is 14.2. The van der Waals surface area contributed by atoms with Crippen molar-refractivity contribution in [2.24, 2.45) is 0 Å². The van der Waals surface area contributed by atoms with Crippen LogP contribution in [0.25, 0.3) is 0 Å². The Hall–Kier alpha value is -3.17. The molecule has 0 radical (unpaired) electrons. The van der Waals surface area contributed by atoms with Crippen molar-refractivity contribution >= 4 is 23.5 Å². The highest BCUT2D eigenvalue weighted by Gasteiger charge is 2.25. The second-order valence-corrected chi connectivity index (χ2v) is 6.36. The van der Waals surface area contributed by atoms with Gasteiger partial charge in [0.1, 0.15) is 5.69 Å². The van der Waals surface area contributed by atoms with Gasteiger partial charge in [-0.2, -0.15) is 0 Å². The number of benzene rings is 1. The highest BCUT2D eigenvalue weighted by atomic mass is 19.2. The van der Waals surface area contributed by atoms with Crippen LogP contribution < -0.4 is 5.32 Å². The maximum absolute atomic E-state index is 13.9. The van der Waals surface area contributed by atoms with Crippen LogP contribution >= 0.6 is 0 Å². The summed E-state index contributed by atoms with van der Waals surface area (Å²) in [6.07, 6.45) is 0. The molecule has 2 amide bonds. The van der Waals surface area contributed by atoms with Gasteiger partial charge in [-0.05, 0) is 25.1 Å². The number of carbonyl (C=O) groups excluding carboxylic acids is 2. The molecule has 7 nitrogen and oxygen atoms in total. The fraction of sp³-hybridized carbons (Fsp3) is 0.333. The van der Waals surface area contributed by atoms with Crippen LogP contribution in [0.15, 0.2) is 18.2 Å². The molecule has 0 bridgehead atoms. The molecule has 1 aromatic carbocycles. The minimum Gasteiger partial charge on any atom is -0.339 e. The minimum atomic E-state index is -1.61. The van der Waals surface area contributed by atoms with Crippen LogP contribution in [0.2, 0.25) is 0 Å². The van der Waals surface area contributed by atoms with E-state index >= 15 is 0 Å². The molecule has 148 valence electrons. The molecule has 0 atom stereocenters. The molecule has 1 N–H and O–H groups in total. The van der Waals surface area contributed by atoms with Crippen LogP contribution in [-0.4, -0.2) is 57.8 Å². The van der Waals surface area contributed by atoms with Gasteiger partial charge >= 0.3 is 0 Å². The molecule has 0 aliphatic carbocycles. The number of aromatic nitrogens is 2. The smallest absolute Gasteiger partial charge is 0.272 e. The van der Waals surface area contributed by atoms with Gasteiger partial charge in [0.2, 0.25) is 11.9 Å². The van der Waals surface area contributed by atoms with Gasteiger partial charge in [0, 0.05) is 38.8 Å². The molecular weight excluding hydrogens is 375 g/mol. The van der Waals surface area contributed by atoms with E-state index in [2.05, 4.69) is 15.3 Å². The fourth-order valence-corrected chi connectivity index (χ4v) is 2.86. The van der Waals surface area contributed by atoms with Crippen molar-refractivity contribution in [3.63, 3.8) is 0 Å². The summed E-state index contributed by atoms with van der Waals surface area (Å²) < 4.78 is 40.3. The molecule has 2 heterocycles. The van der Waals surface area contributed by atoms with E-state index in [1.165, 1.54) is 13.0 Å². The number of rotatable bonds is 3. The maximum Gasteiger partial charge on any atom is 0.272 e. The predicted octanol–water partition coefficient (Wildman–Crippen LogP) is 2.25. The van der Waals surface area contributed by atoms with Gasteiger partial charge in [0.25, 0.3) is 5.91 Å². The quantitative estimate of drug-likeness (QED) is 0.810. The highest BCUT2D eigenvalue weighted by molar-refractivity contribution is 5.93. The summed E-state index contributed by atoms with van der Waals surface area (Å²) in [5.74, 6) is -4.85. The molecule has 1 aliphatic rings. The summed E-state index contributed by atoms with van der Waals surface area (Å²) in [6, 6.07) is 3.27. The predicted molar refractivity (Wildman–Crippen MR) is 94.5 cm³/mol. The standard InChI is InChI=1S/C18H18F3N5O2/c1-10-9-14(17(28)26-7-5-25(6-8-26)11(2)27)24-18(22-10)23-13-4-3-12(19)15(20)16(13)21/h3-4,9H,5-8H2,1-2H3,(H,22,23,24). The fourth-order valence-electron chi connectivity index (χ4n) is 2.86. The zero-order valence-corrected chi connectivity index (χ0v) is 15.3. The zero-order chi connectivity index (χ0) is 20.4. The Bertz CT molecular complexity index is 930. The van der Waals surface area contributed by atoms with E-state index in [-0.39, 0.29) is 29.1 Å². The van der Waals surface area contributed by atoms with Crippen molar-refractivity contribution in [2.45, 2.75) is 13.8 Å². The van der Waals surface area contributed by atoms with Gasteiger partial charge in [-0.15, -0.1) is 0 Å². The number of aryl methyl sites for hydroxylation is 1. The molecule has 0 saturated carbocycles. The van der Waals surface area contributed by atoms with Crippen molar-refractivity contribution < 1.29 is 22.8 Å². The van der Waals surface area contributed by atoms with Crippen LogP contribution in [0.4, 0.5) is 24.8 Å². The largest absolute Gasteiger partial charge is 0.339 e. The Morgan fingerprint density at radius 2 is 1.64 bits per heavy atom. The van der Waals surface area contributed by atoms with E-state index in [1.54, 1.807) is 16.7 Å². The Kier molecular flexibility index (Phi) is 5.48. The number of hydrogen-bond acceptors (Lipinski definition) is 5. The third-order valence-corrected chi connectivity index (χ3v) is 4.37. The molecular formula is C18H18F3N5O2. The monoisotopic (exact) mass is 393 g/mol. The molecule has 1 aliphatic heterocycles. The van der Waals surface area contributed by atoms with E-state index in [9.17, 15) is 22.8 Å². The van der Waals surface area contributed by atoms with Crippen molar-refractivity contribution in [3.8, 4) is 0 Å². The van der Waals surface area contributed by atoms with E-state index in [1.807, 2.05) is 0 Å². The molecule has 1 aromatic heterocycles. The molecule has 3 rings (SSSR count). The second-order valence-electron chi connectivity index (χ2n) is 6.36. The molecule has 10 heteroatoms. The first-order valence-corrected chi connectivity index (χ1v) is 8.57. The number of nitrogens with zero attached hydrogens (tertiary/aromatic N) is 4. The van der Waals surface area contributed by atoms with Crippen LogP contribution in [0, 0.1) is 24.4 Å². The maximum atomic E-state index is 13.9. The lowest BCUT2D eigenvalue weighted by Crippen LogP contribution is -2.50. The average molecular weight is 393 g/mol. The third-order valence-electron chi connectivity index (χ3n) is 4.37. The number of nitrogens with one attached hydrogen (secondary N) is 1. The highest BCUT2D eigenvalue weighted by Crippen LogP contribution is 2.22. The van der Waals surface area contributed by atoms with Gasteiger partial charge in [-0.3, -0.25) is 9.59 Å². The van der Waals surface area contributed by atoms with Crippen molar-refractivity contribution in [2.75, 3.05) is 31.5 Å². The van der Waals surface area contributed by atoms with Crippen LogP contribution in [0.1, 0.15) is 23.1 Å². The summed E-state index contributed by atoms with van der Waals surface area (Å²) in [5, 5.41) is 2.47. The summed E-state index contributed by atoms with van der Waals surface area (Å²) in [7, 11) is 0. The first kappa shape index (κ1) is 19.6. The number of anilines is 2. The lowest BCUT2D eigenvalue weighted by Gasteiger charge is -2.34.